The van der Waals surface area contributed by atoms with Crippen LogP contribution in [-0.2, 0) is 28.4 Å². The van der Waals surface area contributed by atoms with Gasteiger partial charge in [-0.25, -0.2) is 0 Å². The second-order valence-corrected chi connectivity index (χ2v) is 23.0. The average Bonchev–Trinajstić information content (AvgIpc) is 3.64. The van der Waals surface area contributed by atoms with Gasteiger partial charge in [0.05, 0.1) is 43.2 Å². The van der Waals surface area contributed by atoms with E-state index in [9.17, 15) is 61.3 Å². The van der Waals surface area contributed by atoms with Crippen molar-refractivity contribution >= 4 is 0 Å². The zero-order chi connectivity index (χ0) is 48.8. The lowest BCUT2D eigenvalue weighted by Gasteiger charge is -2.72. The molecule has 0 unspecified atom stereocenters. The molecule has 3 saturated heterocycles. The maximum atomic E-state index is 12.7. The Hall–Kier alpha value is -0.980. The van der Waals surface area contributed by atoms with Crippen LogP contribution in [0.15, 0.2) is 11.6 Å². The summed E-state index contributed by atoms with van der Waals surface area (Å²) in [6, 6.07) is 0. The second-order valence-electron chi connectivity index (χ2n) is 23.0. The molecule has 4 aliphatic carbocycles. The fourth-order valence-electron chi connectivity index (χ4n) is 14.9. The van der Waals surface area contributed by atoms with Crippen LogP contribution in [0.3, 0.4) is 0 Å². The molecule has 3 aliphatic heterocycles. The predicted octanol–water partition coefficient (Wildman–Crippen LogP) is -0.0284. The number of allylic oxidation sites excluding steroid dienone is 2. The Labute approximate surface area is 388 Å². The van der Waals surface area contributed by atoms with Crippen LogP contribution in [0.25, 0.3) is 0 Å². The maximum Gasteiger partial charge on any atom is 0.187 e. The lowest BCUT2D eigenvalue weighted by atomic mass is 9.34. The van der Waals surface area contributed by atoms with Crippen molar-refractivity contribution in [1.82, 2.24) is 0 Å². The van der Waals surface area contributed by atoms with E-state index in [0.29, 0.717) is 51.4 Å². The van der Waals surface area contributed by atoms with Gasteiger partial charge >= 0.3 is 0 Å². The SMILES string of the molecule is CC(C)=CCC[C@](C)(O[C@@H]1O[C@H](CO)[C@@H](O)[C@H](O)[C@H]1O)[C@H]1CC[C@]2(C)[C@@H]1[C@H](O)C[C@@H]1[C@@]3(C)CC[C@H](O)C(C)(C)[C@@H]3[C@@H](O[C@@H]3O[C@H](CO)[C@@H](O)[C@H](O)[C@H]3O[C@H]3O[C@H](C)[C@@H](O)[C@H](O)[C@@H]3O)C[C@]12C. The molecule has 66 heavy (non-hydrogen) atoms. The number of ether oxygens (including phenoxy) is 6. The van der Waals surface area contributed by atoms with Gasteiger partial charge in [-0.2, -0.15) is 0 Å². The third-order valence-corrected chi connectivity index (χ3v) is 18.7. The highest BCUT2D eigenvalue weighted by atomic mass is 16.8. The minimum absolute atomic E-state index is 0.0861. The number of aliphatic hydroxyl groups excluding tert-OH is 12. The van der Waals surface area contributed by atoms with Gasteiger partial charge in [-0.1, -0.05) is 46.3 Å². The first-order valence-electron chi connectivity index (χ1n) is 24.3. The van der Waals surface area contributed by atoms with Crippen LogP contribution in [0.1, 0.15) is 114 Å². The van der Waals surface area contributed by atoms with Crippen LogP contribution in [0.2, 0.25) is 0 Å². The quantitative estimate of drug-likeness (QED) is 0.0904. The van der Waals surface area contributed by atoms with Crippen LogP contribution in [-0.4, -0.2) is 191 Å². The van der Waals surface area contributed by atoms with E-state index in [1.54, 1.807) is 0 Å². The van der Waals surface area contributed by atoms with Gasteiger partial charge in [0.15, 0.2) is 18.9 Å². The van der Waals surface area contributed by atoms with Crippen molar-refractivity contribution in [2.45, 2.75) is 230 Å². The third-order valence-electron chi connectivity index (χ3n) is 18.7. The summed E-state index contributed by atoms with van der Waals surface area (Å²) in [6.07, 6.45) is -18.3. The van der Waals surface area contributed by atoms with Gasteiger partial charge < -0.3 is 89.7 Å². The summed E-state index contributed by atoms with van der Waals surface area (Å²) in [5, 5.41) is 132. The molecule has 7 rings (SSSR count). The summed E-state index contributed by atoms with van der Waals surface area (Å²) in [6.45, 7) is 16.8. The van der Waals surface area contributed by atoms with Gasteiger partial charge in [0.1, 0.15) is 67.1 Å². The fraction of sp³-hybridized carbons (Fsp3) is 0.958. The molecule has 0 aromatic rings. The predicted molar refractivity (Wildman–Crippen MR) is 234 cm³/mol. The minimum atomic E-state index is -1.75. The molecule has 18 nitrogen and oxygen atoms in total. The van der Waals surface area contributed by atoms with Gasteiger partial charge in [-0.15, -0.1) is 0 Å². The first kappa shape index (κ1) is 52.8. The normalized spacial score (nSPS) is 53.5. The van der Waals surface area contributed by atoms with Crippen molar-refractivity contribution in [3.8, 4) is 0 Å². The molecule has 4 saturated carbocycles. The van der Waals surface area contributed by atoms with Crippen molar-refractivity contribution in [3.63, 3.8) is 0 Å². The summed E-state index contributed by atoms with van der Waals surface area (Å²) in [5.41, 5.74) is -2.43. The molecule has 0 amide bonds. The molecule has 0 bridgehead atoms. The van der Waals surface area contributed by atoms with Gasteiger partial charge in [0, 0.05) is 0 Å². The molecular weight excluding hydrogens is 865 g/mol. The van der Waals surface area contributed by atoms with E-state index in [4.69, 9.17) is 28.4 Å². The highest BCUT2D eigenvalue weighted by Crippen LogP contribution is 2.76. The molecule has 7 aliphatic rings. The third kappa shape index (κ3) is 8.69. The maximum absolute atomic E-state index is 12.7. The van der Waals surface area contributed by atoms with Crippen molar-refractivity contribution in [2.24, 2.45) is 45.3 Å². The Morgan fingerprint density at radius 1 is 0.682 bits per heavy atom. The van der Waals surface area contributed by atoms with E-state index in [-0.39, 0.29) is 23.7 Å². The van der Waals surface area contributed by atoms with Crippen molar-refractivity contribution in [2.75, 3.05) is 13.2 Å². The highest BCUT2D eigenvalue weighted by molar-refractivity contribution is 5.22. The van der Waals surface area contributed by atoms with Crippen molar-refractivity contribution in [1.29, 1.82) is 0 Å². The van der Waals surface area contributed by atoms with E-state index in [0.717, 1.165) is 5.57 Å². The molecule has 26 atom stereocenters. The summed E-state index contributed by atoms with van der Waals surface area (Å²) in [7, 11) is 0. The second kappa shape index (κ2) is 19.2. The van der Waals surface area contributed by atoms with Gasteiger partial charge in [0.25, 0.3) is 0 Å². The Balaban J connectivity index is 1.27. The van der Waals surface area contributed by atoms with E-state index >= 15 is 0 Å². The van der Waals surface area contributed by atoms with Gasteiger partial charge in [-0.3, -0.25) is 0 Å². The highest BCUT2D eigenvalue weighted by Gasteiger charge is 2.74. The van der Waals surface area contributed by atoms with Gasteiger partial charge in [-0.05, 0) is 124 Å². The molecule has 0 aromatic heterocycles. The van der Waals surface area contributed by atoms with Crippen LogP contribution in [0.4, 0.5) is 0 Å². The number of hydrogen-bond donors (Lipinski definition) is 12. The Morgan fingerprint density at radius 2 is 1.27 bits per heavy atom. The van der Waals surface area contributed by atoms with Crippen LogP contribution in [0.5, 0.6) is 0 Å². The Kier molecular flexibility index (Phi) is 15.4. The van der Waals surface area contributed by atoms with Gasteiger partial charge in [0.2, 0.25) is 0 Å². The lowest BCUT2D eigenvalue weighted by Crippen LogP contribution is -2.71. The smallest absolute Gasteiger partial charge is 0.187 e. The number of hydrogen-bond acceptors (Lipinski definition) is 18. The largest absolute Gasteiger partial charge is 0.394 e. The molecule has 3 heterocycles. The molecular formula is C48H82O18. The van der Waals surface area contributed by atoms with E-state index in [1.807, 2.05) is 34.6 Å². The fourth-order valence-corrected chi connectivity index (χ4v) is 14.9. The molecule has 0 radical (unpaired) electrons. The lowest BCUT2D eigenvalue weighted by molar-refractivity contribution is -0.382. The van der Waals surface area contributed by atoms with E-state index in [2.05, 4.69) is 26.8 Å². The summed E-state index contributed by atoms with van der Waals surface area (Å²) < 4.78 is 38.1. The number of fused-ring (bicyclic) bond motifs is 5. The topological polar surface area (TPSA) is 298 Å². The van der Waals surface area contributed by atoms with Crippen LogP contribution in [0, 0.1) is 45.3 Å². The summed E-state index contributed by atoms with van der Waals surface area (Å²) >= 11 is 0. The first-order chi connectivity index (χ1) is 30.7. The molecule has 0 spiro atoms. The Morgan fingerprint density at radius 3 is 1.89 bits per heavy atom. The molecule has 18 heteroatoms. The van der Waals surface area contributed by atoms with E-state index in [1.165, 1.54) is 6.92 Å². The minimum Gasteiger partial charge on any atom is -0.394 e. The number of rotatable bonds is 12. The van der Waals surface area contributed by atoms with Crippen molar-refractivity contribution < 1.29 is 89.7 Å². The first-order valence-corrected chi connectivity index (χ1v) is 24.3. The zero-order valence-corrected chi connectivity index (χ0v) is 40.2. The zero-order valence-electron chi connectivity index (χ0n) is 40.2. The molecule has 7 fully saturated rings. The summed E-state index contributed by atoms with van der Waals surface area (Å²) in [5.74, 6) is -1.12. The molecule has 382 valence electrons. The van der Waals surface area contributed by atoms with Crippen molar-refractivity contribution in [3.05, 3.63) is 11.6 Å². The molecule has 12 N–H and O–H groups in total. The summed E-state index contributed by atoms with van der Waals surface area (Å²) in [4.78, 5) is 0. The average molecular weight is 947 g/mol. The monoisotopic (exact) mass is 947 g/mol. The molecule has 0 aromatic carbocycles. The number of aliphatic hydroxyl groups is 12. The van der Waals surface area contributed by atoms with Crippen LogP contribution < -0.4 is 0 Å². The Bertz CT molecular complexity index is 1700. The standard InChI is InChI=1S/C48H82O18/c1-21(2)11-10-14-48(9,66-42-38(60)35(57)32(54)26(19-49)63-42)23-12-16-46(7)30(23)24(51)17-28-45(6)15-13-29(52)44(4,5)40(45)25(18-47(28,46)8)62-43-39(36(58)33(55)27(20-50)64-43)65-41-37(59)34(56)31(53)22(3)61-41/h11,22-43,49-60H,10,12-20H2,1-9H3/t22-,23+,24-,25+,26-,27-,28-,29+,30+,31-,32-,33-,34+,35+,36+,37+,38-,39-,40+,41-,42+,43-,45-,46-,47-,48+/m1/s1. The van der Waals surface area contributed by atoms with E-state index < -0.39 is 151 Å². The van der Waals surface area contributed by atoms with Crippen LogP contribution >= 0.6 is 0 Å².